The van der Waals surface area contributed by atoms with Gasteiger partial charge >= 0.3 is 0 Å². The van der Waals surface area contributed by atoms with Gasteiger partial charge in [-0.15, -0.1) is 5.10 Å². The maximum atomic E-state index is 12.4. The Bertz CT molecular complexity index is 615. The van der Waals surface area contributed by atoms with Crippen molar-refractivity contribution >= 4 is 11.8 Å². The quantitative estimate of drug-likeness (QED) is 0.807. The normalized spacial score (nSPS) is 19.6. The molecule has 26 heavy (non-hydrogen) atoms. The molecule has 2 heterocycles. The van der Waals surface area contributed by atoms with E-state index < -0.39 is 0 Å². The van der Waals surface area contributed by atoms with Crippen molar-refractivity contribution in [1.82, 2.24) is 30.1 Å². The van der Waals surface area contributed by atoms with Crippen molar-refractivity contribution in [2.24, 2.45) is 5.92 Å². The average Bonchev–Trinajstić information content (AvgIpc) is 3.28. The molecule has 8 nitrogen and oxygen atoms in total. The van der Waals surface area contributed by atoms with Gasteiger partial charge in [-0.05, 0) is 31.6 Å². The van der Waals surface area contributed by atoms with Crippen LogP contribution in [-0.2, 0) is 11.3 Å². The van der Waals surface area contributed by atoms with E-state index in [0.717, 1.165) is 31.8 Å². The van der Waals surface area contributed by atoms with Crippen molar-refractivity contribution in [3.05, 3.63) is 11.9 Å². The second kappa shape index (κ2) is 8.62. The van der Waals surface area contributed by atoms with Crippen molar-refractivity contribution in [1.29, 1.82) is 0 Å². The first-order chi connectivity index (χ1) is 12.5. The van der Waals surface area contributed by atoms with Crippen molar-refractivity contribution in [3.63, 3.8) is 0 Å². The number of amides is 2. The molecule has 0 radical (unpaired) electrons. The largest absolute Gasteiger partial charge is 0.348 e. The van der Waals surface area contributed by atoms with Gasteiger partial charge in [-0.25, -0.2) is 4.68 Å². The highest BCUT2D eigenvalue weighted by Crippen LogP contribution is 2.26. The zero-order valence-electron chi connectivity index (χ0n) is 15.9. The third-order valence-electron chi connectivity index (χ3n) is 5.48. The summed E-state index contributed by atoms with van der Waals surface area (Å²) in [5.74, 6) is 0.584. The Hall–Kier alpha value is -1.96. The molecule has 2 aliphatic rings. The highest BCUT2D eigenvalue weighted by Gasteiger charge is 2.25. The van der Waals surface area contributed by atoms with Crippen molar-refractivity contribution in [2.45, 2.75) is 51.1 Å². The summed E-state index contributed by atoms with van der Waals surface area (Å²) in [6.07, 6.45) is 9.02. The van der Waals surface area contributed by atoms with E-state index >= 15 is 0 Å². The fourth-order valence-corrected chi connectivity index (χ4v) is 3.84. The van der Waals surface area contributed by atoms with Gasteiger partial charge in [0.25, 0.3) is 5.91 Å². The number of carbonyl (C=O) groups is 2. The molecule has 2 amide bonds. The van der Waals surface area contributed by atoms with Crippen LogP contribution in [0.5, 0.6) is 0 Å². The third kappa shape index (κ3) is 5.03. The summed E-state index contributed by atoms with van der Waals surface area (Å²) in [5, 5.41) is 10.8. The van der Waals surface area contributed by atoms with Crippen LogP contribution in [0.2, 0.25) is 0 Å². The van der Waals surface area contributed by atoms with E-state index in [9.17, 15) is 9.59 Å². The summed E-state index contributed by atoms with van der Waals surface area (Å²) < 4.78 is 1.40. The lowest BCUT2D eigenvalue weighted by atomic mass is 10.0. The lowest BCUT2D eigenvalue weighted by Crippen LogP contribution is -2.45. The second-order valence-corrected chi connectivity index (χ2v) is 7.79. The molecule has 1 aromatic heterocycles. The number of likely N-dealkylation sites (N-methyl/N-ethyl adjacent to an activating group) is 1. The predicted molar refractivity (Wildman–Crippen MR) is 97.6 cm³/mol. The number of aromatic nitrogens is 3. The molecule has 144 valence electrons. The van der Waals surface area contributed by atoms with Crippen LogP contribution in [0.3, 0.4) is 0 Å². The maximum absolute atomic E-state index is 12.4. The van der Waals surface area contributed by atoms with Crippen molar-refractivity contribution in [2.75, 3.05) is 33.7 Å². The lowest BCUT2D eigenvalue weighted by molar-refractivity contribution is -0.129. The summed E-state index contributed by atoms with van der Waals surface area (Å²) in [4.78, 5) is 28.1. The smallest absolute Gasteiger partial charge is 0.273 e. The van der Waals surface area contributed by atoms with Gasteiger partial charge in [0, 0.05) is 39.8 Å². The Kier molecular flexibility index (Phi) is 6.24. The standard InChI is InChI=1S/C18H30N6O2/c1-22(2)17(25)13-24-12-16(20-21-24)18(26)19-15-7-9-23(10-8-15)11-14-5-3-4-6-14/h12,14-15H,3-11,13H2,1-2H3,(H,19,26). The molecular formula is C18H30N6O2. The summed E-state index contributed by atoms with van der Waals surface area (Å²) >= 11 is 0. The van der Waals surface area contributed by atoms with Crippen LogP contribution in [0.1, 0.15) is 49.0 Å². The number of piperidine rings is 1. The van der Waals surface area contributed by atoms with Gasteiger partial charge in [0.05, 0.1) is 6.20 Å². The molecule has 0 bridgehead atoms. The van der Waals surface area contributed by atoms with Gasteiger partial charge < -0.3 is 15.1 Å². The fraction of sp³-hybridized carbons (Fsp3) is 0.778. The fourth-order valence-electron chi connectivity index (χ4n) is 3.84. The van der Waals surface area contributed by atoms with E-state index in [1.54, 1.807) is 14.1 Å². The van der Waals surface area contributed by atoms with Crippen LogP contribution >= 0.6 is 0 Å². The van der Waals surface area contributed by atoms with Crippen LogP contribution in [0, 0.1) is 5.92 Å². The first-order valence-corrected chi connectivity index (χ1v) is 9.65. The van der Waals surface area contributed by atoms with E-state index in [0.29, 0.717) is 0 Å². The van der Waals surface area contributed by atoms with E-state index in [2.05, 4.69) is 20.5 Å². The van der Waals surface area contributed by atoms with Gasteiger partial charge in [-0.2, -0.15) is 0 Å². The molecule has 3 rings (SSSR count). The number of nitrogens with zero attached hydrogens (tertiary/aromatic N) is 5. The van der Waals surface area contributed by atoms with E-state index in [-0.39, 0.29) is 30.1 Å². The topological polar surface area (TPSA) is 83.4 Å². The molecule has 1 N–H and O–H groups in total. The van der Waals surface area contributed by atoms with Crippen molar-refractivity contribution < 1.29 is 9.59 Å². The molecule has 2 fully saturated rings. The monoisotopic (exact) mass is 362 g/mol. The Morgan fingerprint density at radius 2 is 1.88 bits per heavy atom. The van der Waals surface area contributed by atoms with Crippen LogP contribution in [0.4, 0.5) is 0 Å². The molecule has 0 spiro atoms. The molecular weight excluding hydrogens is 332 g/mol. The van der Waals surface area contributed by atoms with Crippen LogP contribution in [-0.4, -0.2) is 76.4 Å². The summed E-state index contributed by atoms with van der Waals surface area (Å²) in [6.45, 7) is 3.40. The van der Waals surface area contributed by atoms with Gasteiger partial charge in [-0.3, -0.25) is 9.59 Å². The van der Waals surface area contributed by atoms with Gasteiger partial charge in [0.2, 0.25) is 5.91 Å². The van der Waals surface area contributed by atoms with Gasteiger partial charge in [-0.1, -0.05) is 18.1 Å². The minimum Gasteiger partial charge on any atom is -0.348 e. The van der Waals surface area contributed by atoms with Crippen LogP contribution < -0.4 is 5.32 Å². The molecule has 1 aromatic rings. The van der Waals surface area contributed by atoms with Gasteiger partial charge in [0.1, 0.15) is 6.54 Å². The Morgan fingerprint density at radius 3 is 2.54 bits per heavy atom. The molecule has 0 atom stereocenters. The third-order valence-corrected chi connectivity index (χ3v) is 5.48. The van der Waals surface area contributed by atoms with E-state index in [1.165, 1.54) is 48.0 Å². The van der Waals surface area contributed by atoms with E-state index in [1.807, 2.05) is 0 Å². The molecule has 1 aliphatic carbocycles. The summed E-state index contributed by atoms with van der Waals surface area (Å²) in [7, 11) is 3.37. The van der Waals surface area contributed by atoms with Gasteiger partial charge in [0.15, 0.2) is 5.69 Å². The van der Waals surface area contributed by atoms with Crippen molar-refractivity contribution in [3.8, 4) is 0 Å². The summed E-state index contributed by atoms with van der Waals surface area (Å²) in [6, 6.07) is 0.191. The number of likely N-dealkylation sites (tertiary alicyclic amines) is 1. The van der Waals surface area contributed by atoms with Crippen LogP contribution in [0.25, 0.3) is 0 Å². The minimum atomic E-state index is -0.206. The predicted octanol–water partition coefficient (Wildman–Crippen LogP) is 0.751. The average molecular weight is 362 g/mol. The number of rotatable bonds is 6. The number of nitrogens with one attached hydrogen (secondary N) is 1. The highest BCUT2D eigenvalue weighted by atomic mass is 16.2. The molecule has 0 aromatic carbocycles. The zero-order valence-corrected chi connectivity index (χ0v) is 15.9. The molecule has 1 saturated heterocycles. The number of hydrogen-bond donors (Lipinski definition) is 1. The van der Waals surface area contributed by atoms with E-state index in [4.69, 9.17) is 0 Å². The first-order valence-electron chi connectivity index (χ1n) is 9.65. The number of carbonyl (C=O) groups excluding carboxylic acids is 2. The Labute approximate surface area is 154 Å². The van der Waals surface area contributed by atoms with Crippen LogP contribution in [0.15, 0.2) is 6.20 Å². The highest BCUT2D eigenvalue weighted by molar-refractivity contribution is 5.92. The Balaban J connectivity index is 1.42. The molecule has 0 unspecified atom stereocenters. The lowest BCUT2D eigenvalue weighted by Gasteiger charge is -2.33. The molecule has 1 saturated carbocycles. The SMILES string of the molecule is CN(C)C(=O)Cn1cc(C(=O)NC2CCN(CC3CCCC3)CC2)nn1. The number of hydrogen-bond acceptors (Lipinski definition) is 5. The maximum Gasteiger partial charge on any atom is 0.273 e. The Morgan fingerprint density at radius 1 is 1.19 bits per heavy atom. The summed E-state index contributed by atoms with van der Waals surface area (Å²) in [5.41, 5.74) is 0.268. The zero-order chi connectivity index (χ0) is 18.5. The molecule has 1 aliphatic heterocycles. The molecule has 8 heteroatoms. The second-order valence-electron chi connectivity index (χ2n) is 7.79. The minimum absolute atomic E-state index is 0.0866. The first kappa shape index (κ1) is 18.8.